The second-order valence-corrected chi connectivity index (χ2v) is 4.75. The van der Waals surface area contributed by atoms with E-state index in [2.05, 4.69) is 25.6 Å². The van der Waals surface area contributed by atoms with Gasteiger partial charge in [0.2, 0.25) is 5.95 Å². The highest BCUT2D eigenvalue weighted by molar-refractivity contribution is 5.91. The van der Waals surface area contributed by atoms with E-state index in [4.69, 9.17) is 0 Å². The molecule has 8 heteroatoms. The fourth-order valence-electron chi connectivity index (χ4n) is 2.29. The molecule has 0 saturated carbocycles. The SMILES string of the molecule is C[C@H](C(=O)Nc1ncn[nH]1)n1nc2c(cc1=O)CCC2. The molecule has 1 amide bonds. The Labute approximate surface area is 114 Å². The summed E-state index contributed by atoms with van der Waals surface area (Å²) in [7, 11) is 0. The minimum Gasteiger partial charge on any atom is -0.293 e. The number of H-pyrrole nitrogens is 1. The Kier molecular flexibility index (Phi) is 3.05. The lowest BCUT2D eigenvalue weighted by atomic mass is 10.2. The lowest BCUT2D eigenvalue weighted by Gasteiger charge is -2.13. The highest BCUT2D eigenvalue weighted by atomic mass is 16.2. The fourth-order valence-corrected chi connectivity index (χ4v) is 2.29. The van der Waals surface area contributed by atoms with Crippen LogP contribution in [0.4, 0.5) is 5.95 Å². The number of aromatic nitrogens is 5. The number of carbonyl (C=O) groups excluding carboxylic acids is 1. The third-order valence-electron chi connectivity index (χ3n) is 3.39. The lowest BCUT2D eigenvalue weighted by Crippen LogP contribution is -2.34. The summed E-state index contributed by atoms with van der Waals surface area (Å²) < 4.78 is 1.22. The van der Waals surface area contributed by atoms with Gasteiger partial charge in [0.05, 0.1) is 5.69 Å². The molecule has 0 aliphatic heterocycles. The molecule has 0 saturated heterocycles. The number of aromatic amines is 1. The minimum atomic E-state index is -0.710. The van der Waals surface area contributed by atoms with Crippen molar-refractivity contribution in [2.24, 2.45) is 0 Å². The number of rotatable bonds is 3. The van der Waals surface area contributed by atoms with Crippen molar-refractivity contribution in [3.63, 3.8) is 0 Å². The number of nitrogens with zero attached hydrogens (tertiary/aromatic N) is 4. The second kappa shape index (κ2) is 4.87. The molecule has 1 atom stereocenters. The van der Waals surface area contributed by atoms with Crippen molar-refractivity contribution in [3.05, 3.63) is 34.0 Å². The number of hydrogen-bond donors (Lipinski definition) is 2. The summed E-state index contributed by atoms with van der Waals surface area (Å²) in [6.07, 6.45) is 4.04. The Bertz CT molecular complexity index is 690. The van der Waals surface area contributed by atoms with Crippen molar-refractivity contribution >= 4 is 11.9 Å². The van der Waals surface area contributed by atoms with E-state index in [0.717, 1.165) is 30.5 Å². The molecule has 2 aromatic heterocycles. The molecule has 0 bridgehead atoms. The van der Waals surface area contributed by atoms with Gasteiger partial charge in [-0.05, 0) is 31.7 Å². The number of hydrogen-bond acceptors (Lipinski definition) is 5. The largest absolute Gasteiger partial charge is 0.293 e. The number of anilines is 1. The number of nitrogens with one attached hydrogen (secondary N) is 2. The van der Waals surface area contributed by atoms with Crippen molar-refractivity contribution in [2.45, 2.75) is 32.2 Å². The van der Waals surface area contributed by atoms with Crippen LogP contribution in [0.5, 0.6) is 0 Å². The smallest absolute Gasteiger partial charge is 0.267 e. The standard InChI is InChI=1S/C12H14N6O2/c1-7(11(20)15-12-13-6-14-16-12)18-10(19)5-8-3-2-4-9(8)17-18/h5-7H,2-4H2,1H3,(H2,13,14,15,16,20)/t7-/m1/s1. The minimum absolute atomic E-state index is 0.246. The zero-order valence-electron chi connectivity index (χ0n) is 11.0. The van der Waals surface area contributed by atoms with Crippen molar-refractivity contribution in [1.29, 1.82) is 0 Å². The van der Waals surface area contributed by atoms with Gasteiger partial charge in [-0.2, -0.15) is 15.2 Å². The number of fused-ring (bicyclic) bond motifs is 1. The number of carbonyl (C=O) groups is 1. The van der Waals surface area contributed by atoms with E-state index in [1.165, 1.54) is 11.0 Å². The predicted molar refractivity (Wildman–Crippen MR) is 70.2 cm³/mol. The van der Waals surface area contributed by atoms with Crippen molar-refractivity contribution in [2.75, 3.05) is 5.32 Å². The van der Waals surface area contributed by atoms with Gasteiger partial charge in [0.25, 0.3) is 11.5 Å². The maximum Gasteiger partial charge on any atom is 0.267 e. The van der Waals surface area contributed by atoms with Crippen LogP contribution in [0, 0.1) is 0 Å². The van der Waals surface area contributed by atoms with Gasteiger partial charge in [-0.1, -0.05) is 0 Å². The molecule has 2 N–H and O–H groups in total. The van der Waals surface area contributed by atoms with Crippen molar-refractivity contribution in [1.82, 2.24) is 25.0 Å². The van der Waals surface area contributed by atoms with Gasteiger partial charge < -0.3 is 0 Å². The van der Waals surface area contributed by atoms with Crippen LogP contribution in [0.1, 0.15) is 30.6 Å². The summed E-state index contributed by atoms with van der Waals surface area (Å²) in [6.45, 7) is 1.63. The molecule has 0 spiro atoms. The van der Waals surface area contributed by atoms with Gasteiger partial charge in [-0.15, -0.1) is 0 Å². The molecule has 2 heterocycles. The molecule has 0 unspecified atom stereocenters. The normalized spacial score (nSPS) is 14.8. The van der Waals surface area contributed by atoms with Crippen LogP contribution in [-0.4, -0.2) is 30.9 Å². The highest BCUT2D eigenvalue weighted by Gasteiger charge is 2.21. The van der Waals surface area contributed by atoms with E-state index in [1.807, 2.05) is 0 Å². The van der Waals surface area contributed by atoms with E-state index < -0.39 is 6.04 Å². The number of amides is 1. The van der Waals surface area contributed by atoms with E-state index in [9.17, 15) is 9.59 Å². The van der Waals surface area contributed by atoms with Gasteiger partial charge in [0.1, 0.15) is 12.4 Å². The lowest BCUT2D eigenvalue weighted by molar-refractivity contribution is -0.119. The molecule has 0 aromatic carbocycles. The molecule has 1 aliphatic carbocycles. The predicted octanol–water partition coefficient (Wildman–Crippen LogP) is 0.0498. The van der Waals surface area contributed by atoms with E-state index in [0.29, 0.717) is 0 Å². The second-order valence-electron chi connectivity index (χ2n) is 4.75. The Morgan fingerprint density at radius 1 is 1.50 bits per heavy atom. The Hall–Kier alpha value is -2.51. The summed E-state index contributed by atoms with van der Waals surface area (Å²) in [5, 5.41) is 13.0. The molecule has 0 radical (unpaired) electrons. The Morgan fingerprint density at radius 2 is 2.35 bits per heavy atom. The summed E-state index contributed by atoms with van der Waals surface area (Å²) in [4.78, 5) is 27.9. The maximum atomic E-state index is 12.1. The van der Waals surface area contributed by atoms with Gasteiger partial charge >= 0.3 is 0 Å². The van der Waals surface area contributed by atoms with Gasteiger partial charge in [0, 0.05) is 6.07 Å². The van der Waals surface area contributed by atoms with Crippen LogP contribution in [0.3, 0.4) is 0 Å². The average Bonchev–Trinajstić information content (AvgIpc) is 3.07. The molecule has 3 rings (SSSR count). The first-order valence-electron chi connectivity index (χ1n) is 6.43. The van der Waals surface area contributed by atoms with E-state index in [1.54, 1.807) is 13.0 Å². The quantitative estimate of drug-likeness (QED) is 0.822. The van der Waals surface area contributed by atoms with Crippen LogP contribution < -0.4 is 10.9 Å². The first-order chi connectivity index (χ1) is 9.65. The fraction of sp³-hybridized carbons (Fsp3) is 0.417. The molecule has 2 aromatic rings. The summed E-state index contributed by atoms with van der Waals surface area (Å²) >= 11 is 0. The van der Waals surface area contributed by atoms with E-state index >= 15 is 0 Å². The first-order valence-corrected chi connectivity index (χ1v) is 6.43. The molecule has 8 nitrogen and oxygen atoms in total. The van der Waals surface area contributed by atoms with Gasteiger partial charge in [-0.25, -0.2) is 9.78 Å². The summed E-state index contributed by atoms with van der Waals surface area (Å²) in [5.41, 5.74) is 1.64. The monoisotopic (exact) mass is 274 g/mol. The van der Waals surface area contributed by atoms with Crippen LogP contribution in [-0.2, 0) is 17.6 Å². The molecular formula is C12H14N6O2. The Balaban J connectivity index is 1.85. The number of aryl methyl sites for hydroxylation is 2. The third kappa shape index (κ3) is 2.20. The molecular weight excluding hydrogens is 260 g/mol. The molecule has 1 aliphatic rings. The van der Waals surface area contributed by atoms with Gasteiger partial charge in [-0.3, -0.25) is 14.9 Å². The maximum absolute atomic E-state index is 12.1. The van der Waals surface area contributed by atoms with Gasteiger partial charge in [0.15, 0.2) is 0 Å². The summed E-state index contributed by atoms with van der Waals surface area (Å²) in [6, 6.07) is 0.867. The van der Waals surface area contributed by atoms with Crippen LogP contribution in [0.25, 0.3) is 0 Å². The zero-order valence-corrected chi connectivity index (χ0v) is 11.0. The van der Waals surface area contributed by atoms with Crippen molar-refractivity contribution in [3.8, 4) is 0 Å². The topological polar surface area (TPSA) is 106 Å². The first kappa shape index (κ1) is 12.5. The Morgan fingerprint density at radius 3 is 3.10 bits per heavy atom. The van der Waals surface area contributed by atoms with E-state index in [-0.39, 0.29) is 17.4 Å². The van der Waals surface area contributed by atoms with Crippen LogP contribution >= 0.6 is 0 Å². The van der Waals surface area contributed by atoms with Crippen LogP contribution in [0.15, 0.2) is 17.2 Å². The zero-order chi connectivity index (χ0) is 14.1. The molecule has 0 fully saturated rings. The average molecular weight is 274 g/mol. The third-order valence-corrected chi connectivity index (χ3v) is 3.39. The van der Waals surface area contributed by atoms with Crippen LogP contribution in [0.2, 0.25) is 0 Å². The molecule has 20 heavy (non-hydrogen) atoms. The summed E-state index contributed by atoms with van der Waals surface area (Å²) in [5.74, 6) is -0.120. The highest BCUT2D eigenvalue weighted by Crippen LogP contribution is 2.18. The van der Waals surface area contributed by atoms with Crippen molar-refractivity contribution < 1.29 is 4.79 Å². The molecule has 104 valence electrons.